The monoisotopic (exact) mass is 633 g/mol. The third kappa shape index (κ3) is 9.82. The number of nitrogens with zero attached hydrogens (tertiary/aromatic N) is 3. The van der Waals surface area contributed by atoms with Crippen LogP contribution in [0.4, 0.5) is 5.69 Å². The number of anilines is 1. The second-order valence-electron chi connectivity index (χ2n) is 13.2. The average Bonchev–Trinajstić information content (AvgIpc) is 3.43. The summed E-state index contributed by atoms with van der Waals surface area (Å²) in [4.78, 5) is 19.8. The molecule has 0 saturated carbocycles. The number of hydrogen-bond acceptors (Lipinski definition) is 5. The molecule has 0 bridgehead atoms. The molecule has 250 valence electrons. The number of carbonyl (C=O) groups excluding carboxylic acids is 1. The van der Waals surface area contributed by atoms with Crippen LogP contribution in [0.2, 0.25) is 0 Å². The maximum atomic E-state index is 12.6. The molecule has 1 unspecified atom stereocenters. The fraction of sp³-hybridized carbons (Fsp3) is 0.439. The SMILES string of the molecule is C=CCCC(C(=O)NC)N1Cc2cc(CCCCCCCNCc3ccc(N4CCN(Cc5ccccc5)CC4)cc3)ccc2C1=C. The summed E-state index contributed by atoms with van der Waals surface area (Å²) in [6, 6.07) is 26.5. The largest absolute Gasteiger partial charge is 0.369 e. The van der Waals surface area contributed by atoms with Crippen LogP contribution in [0.15, 0.2) is 92.0 Å². The van der Waals surface area contributed by atoms with Gasteiger partial charge in [0, 0.05) is 69.8 Å². The summed E-state index contributed by atoms with van der Waals surface area (Å²) in [5.74, 6) is 0.0464. The lowest BCUT2D eigenvalue weighted by Gasteiger charge is -2.36. The smallest absolute Gasteiger partial charge is 0.242 e. The van der Waals surface area contributed by atoms with E-state index in [1.165, 1.54) is 65.6 Å². The minimum Gasteiger partial charge on any atom is -0.369 e. The molecule has 3 aromatic carbocycles. The van der Waals surface area contributed by atoms with Crippen molar-refractivity contribution in [1.82, 2.24) is 20.4 Å². The number of likely N-dealkylation sites (N-methyl/N-ethyl adjacent to an activating group) is 1. The number of allylic oxidation sites excluding steroid dienone is 1. The Kier molecular flexibility index (Phi) is 13.1. The Bertz CT molecular complexity index is 1430. The predicted octanol–water partition coefficient (Wildman–Crippen LogP) is 7.16. The number of aryl methyl sites for hydroxylation is 1. The van der Waals surface area contributed by atoms with Crippen molar-refractivity contribution in [2.75, 3.05) is 44.7 Å². The molecule has 1 atom stereocenters. The fourth-order valence-electron chi connectivity index (χ4n) is 6.99. The van der Waals surface area contributed by atoms with Gasteiger partial charge in [0.15, 0.2) is 0 Å². The van der Waals surface area contributed by atoms with Crippen molar-refractivity contribution in [2.24, 2.45) is 0 Å². The highest BCUT2D eigenvalue weighted by molar-refractivity contribution is 5.84. The second-order valence-corrected chi connectivity index (χ2v) is 13.2. The molecule has 3 aromatic rings. The first kappa shape index (κ1) is 34.5. The van der Waals surface area contributed by atoms with Gasteiger partial charge in [0.25, 0.3) is 0 Å². The van der Waals surface area contributed by atoms with Gasteiger partial charge in [-0.05, 0) is 73.0 Å². The molecule has 0 aliphatic carbocycles. The van der Waals surface area contributed by atoms with Gasteiger partial charge in [0.2, 0.25) is 5.91 Å². The Morgan fingerprint density at radius 1 is 0.872 bits per heavy atom. The first-order valence-electron chi connectivity index (χ1n) is 17.8. The Balaban J connectivity index is 0.926. The summed E-state index contributed by atoms with van der Waals surface area (Å²) in [7, 11) is 1.71. The summed E-state index contributed by atoms with van der Waals surface area (Å²) >= 11 is 0. The molecule has 0 aromatic heterocycles. The fourth-order valence-corrected chi connectivity index (χ4v) is 6.99. The summed E-state index contributed by atoms with van der Waals surface area (Å²) in [5, 5.41) is 6.47. The standard InChI is InChI=1S/C41H55N5O/c1-4-5-17-40(41(47)42-3)46-32-37-29-34(20-23-39(37)33(46)2)14-10-7-6-8-13-24-43-30-35-18-21-38(22-19-35)45-27-25-44(26-28-45)31-36-15-11-9-12-16-36/h4,9,11-12,15-16,18-23,29,40,43H,1-2,5-8,10,13-14,17,24-28,30-32H2,3H3,(H,42,47). The quantitative estimate of drug-likeness (QED) is 0.115. The van der Waals surface area contributed by atoms with Crippen LogP contribution in [0.1, 0.15) is 72.8 Å². The van der Waals surface area contributed by atoms with Crippen molar-refractivity contribution in [3.63, 3.8) is 0 Å². The van der Waals surface area contributed by atoms with Crippen LogP contribution in [0.25, 0.3) is 5.70 Å². The zero-order valence-corrected chi connectivity index (χ0v) is 28.6. The number of unbranched alkanes of at least 4 members (excludes halogenated alkanes) is 4. The van der Waals surface area contributed by atoms with Gasteiger partial charge < -0.3 is 20.4 Å². The highest BCUT2D eigenvalue weighted by atomic mass is 16.2. The van der Waals surface area contributed by atoms with E-state index < -0.39 is 0 Å². The highest BCUT2D eigenvalue weighted by Gasteiger charge is 2.32. The van der Waals surface area contributed by atoms with Crippen molar-refractivity contribution in [1.29, 1.82) is 0 Å². The molecule has 0 spiro atoms. The molecular weight excluding hydrogens is 578 g/mol. The van der Waals surface area contributed by atoms with Crippen molar-refractivity contribution < 1.29 is 4.79 Å². The minimum atomic E-state index is -0.209. The molecule has 2 aliphatic rings. The van der Waals surface area contributed by atoms with E-state index >= 15 is 0 Å². The lowest BCUT2D eigenvalue weighted by molar-refractivity contribution is -0.125. The number of hydrogen-bond donors (Lipinski definition) is 2. The molecular formula is C41H55N5O. The van der Waals surface area contributed by atoms with Gasteiger partial charge in [-0.15, -0.1) is 6.58 Å². The molecule has 1 amide bonds. The first-order chi connectivity index (χ1) is 23.1. The van der Waals surface area contributed by atoms with E-state index in [0.29, 0.717) is 0 Å². The predicted molar refractivity (Wildman–Crippen MR) is 197 cm³/mol. The van der Waals surface area contributed by atoms with Gasteiger partial charge in [-0.3, -0.25) is 9.69 Å². The number of nitrogens with one attached hydrogen (secondary N) is 2. The van der Waals surface area contributed by atoms with Crippen molar-refractivity contribution in [3.05, 3.63) is 120 Å². The van der Waals surface area contributed by atoms with Crippen molar-refractivity contribution in [3.8, 4) is 0 Å². The van der Waals surface area contributed by atoms with Crippen LogP contribution in [0.3, 0.4) is 0 Å². The van der Waals surface area contributed by atoms with Gasteiger partial charge in [-0.25, -0.2) is 0 Å². The van der Waals surface area contributed by atoms with E-state index in [-0.39, 0.29) is 11.9 Å². The third-order valence-corrected chi connectivity index (χ3v) is 9.81. The zero-order valence-electron chi connectivity index (χ0n) is 28.6. The number of fused-ring (bicyclic) bond motifs is 1. The highest BCUT2D eigenvalue weighted by Crippen LogP contribution is 2.35. The van der Waals surface area contributed by atoms with Gasteiger partial charge in [-0.1, -0.05) is 92.6 Å². The number of piperazine rings is 1. The summed E-state index contributed by atoms with van der Waals surface area (Å²) in [6.07, 6.45) is 10.8. The van der Waals surface area contributed by atoms with Crippen molar-refractivity contribution in [2.45, 2.75) is 77.0 Å². The molecule has 2 aliphatic heterocycles. The second kappa shape index (κ2) is 17.9. The molecule has 5 rings (SSSR count). The topological polar surface area (TPSA) is 50.9 Å². The lowest BCUT2D eigenvalue weighted by atomic mass is 10.0. The Morgan fingerprint density at radius 3 is 2.34 bits per heavy atom. The number of carbonyl (C=O) groups is 1. The van der Waals surface area contributed by atoms with Crippen LogP contribution in [-0.4, -0.2) is 61.5 Å². The lowest BCUT2D eigenvalue weighted by Crippen LogP contribution is -2.45. The average molecular weight is 634 g/mol. The molecule has 47 heavy (non-hydrogen) atoms. The van der Waals surface area contributed by atoms with Crippen LogP contribution < -0.4 is 15.5 Å². The van der Waals surface area contributed by atoms with E-state index in [2.05, 4.69) is 111 Å². The van der Waals surface area contributed by atoms with Crippen LogP contribution in [0.5, 0.6) is 0 Å². The van der Waals surface area contributed by atoms with Crippen molar-refractivity contribution >= 4 is 17.3 Å². The normalized spacial score (nSPS) is 15.5. The van der Waals surface area contributed by atoms with Gasteiger partial charge in [-0.2, -0.15) is 0 Å². The van der Waals surface area contributed by atoms with Crippen LogP contribution in [0, 0.1) is 0 Å². The Labute approximate surface area is 283 Å². The van der Waals surface area contributed by atoms with E-state index in [9.17, 15) is 4.79 Å². The number of rotatable bonds is 18. The summed E-state index contributed by atoms with van der Waals surface area (Å²) in [6.45, 7) is 16.4. The minimum absolute atomic E-state index is 0.0464. The number of amides is 1. The third-order valence-electron chi connectivity index (χ3n) is 9.81. The molecule has 2 N–H and O–H groups in total. The number of benzene rings is 3. The van der Waals surface area contributed by atoms with Crippen LogP contribution >= 0.6 is 0 Å². The molecule has 2 heterocycles. The summed E-state index contributed by atoms with van der Waals surface area (Å²) in [5.41, 5.74) is 8.92. The molecule has 6 heteroatoms. The maximum absolute atomic E-state index is 12.6. The van der Waals surface area contributed by atoms with Gasteiger partial charge in [0.05, 0.1) is 0 Å². The van der Waals surface area contributed by atoms with E-state index in [4.69, 9.17) is 0 Å². The Morgan fingerprint density at radius 2 is 1.60 bits per heavy atom. The van der Waals surface area contributed by atoms with Gasteiger partial charge in [0.1, 0.15) is 6.04 Å². The Hall–Kier alpha value is -3.87. The van der Waals surface area contributed by atoms with Gasteiger partial charge >= 0.3 is 0 Å². The first-order valence-corrected chi connectivity index (χ1v) is 17.8. The molecule has 0 radical (unpaired) electrons. The van der Waals surface area contributed by atoms with E-state index in [1.807, 2.05) is 6.08 Å². The maximum Gasteiger partial charge on any atom is 0.242 e. The van der Waals surface area contributed by atoms with Crippen LogP contribution in [-0.2, 0) is 30.8 Å². The summed E-state index contributed by atoms with van der Waals surface area (Å²) < 4.78 is 0. The van der Waals surface area contributed by atoms with E-state index in [1.54, 1.807) is 7.05 Å². The van der Waals surface area contributed by atoms with E-state index in [0.717, 1.165) is 77.3 Å². The molecule has 1 saturated heterocycles. The zero-order chi connectivity index (χ0) is 32.8. The molecule has 6 nitrogen and oxygen atoms in total. The molecule has 1 fully saturated rings.